The van der Waals surface area contributed by atoms with Gasteiger partial charge in [0.2, 0.25) is 0 Å². The average Bonchev–Trinajstić information content (AvgIpc) is 2.85. The second-order valence-corrected chi connectivity index (χ2v) is 5.16. The maximum atomic E-state index is 6.22. The summed E-state index contributed by atoms with van der Waals surface area (Å²) in [5.41, 5.74) is 0.907. The Morgan fingerprint density at radius 1 is 1.41 bits per heavy atom. The Bertz CT molecular complexity index is 456. The van der Waals surface area contributed by atoms with E-state index in [0.29, 0.717) is 0 Å². The van der Waals surface area contributed by atoms with Gasteiger partial charge in [-0.25, -0.2) is 0 Å². The highest BCUT2D eigenvalue weighted by atomic mass is 35.5. The SMILES string of the molecule is CCCNC(c1cccs1)c1ncccc1Cl. The molecule has 2 rings (SSSR count). The molecule has 0 aliphatic carbocycles. The maximum absolute atomic E-state index is 6.22. The van der Waals surface area contributed by atoms with Crippen molar-refractivity contribution >= 4 is 22.9 Å². The minimum Gasteiger partial charge on any atom is -0.304 e. The van der Waals surface area contributed by atoms with Gasteiger partial charge in [0.15, 0.2) is 0 Å². The summed E-state index contributed by atoms with van der Waals surface area (Å²) in [6.45, 7) is 3.11. The fourth-order valence-corrected chi connectivity index (χ4v) is 2.72. The summed E-state index contributed by atoms with van der Waals surface area (Å²) in [6.07, 6.45) is 2.88. The quantitative estimate of drug-likeness (QED) is 0.888. The van der Waals surface area contributed by atoms with Gasteiger partial charge in [-0.3, -0.25) is 4.98 Å². The first-order chi connectivity index (χ1) is 8.33. The minimum atomic E-state index is 0.101. The van der Waals surface area contributed by atoms with E-state index < -0.39 is 0 Å². The molecule has 0 aliphatic rings. The lowest BCUT2D eigenvalue weighted by atomic mass is 10.1. The smallest absolute Gasteiger partial charge is 0.0860 e. The van der Waals surface area contributed by atoms with Crippen molar-refractivity contribution in [3.05, 3.63) is 51.4 Å². The molecule has 0 aromatic carbocycles. The molecule has 0 saturated heterocycles. The van der Waals surface area contributed by atoms with E-state index in [0.717, 1.165) is 23.7 Å². The molecule has 0 bridgehead atoms. The number of nitrogens with zero attached hydrogens (tertiary/aromatic N) is 1. The Kier molecular flexibility index (Phi) is 4.54. The van der Waals surface area contributed by atoms with E-state index >= 15 is 0 Å². The summed E-state index contributed by atoms with van der Waals surface area (Å²) in [5, 5.41) is 6.29. The van der Waals surface area contributed by atoms with Crippen LogP contribution < -0.4 is 5.32 Å². The van der Waals surface area contributed by atoms with Crippen molar-refractivity contribution in [2.75, 3.05) is 6.54 Å². The van der Waals surface area contributed by atoms with Crippen molar-refractivity contribution in [3.8, 4) is 0 Å². The van der Waals surface area contributed by atoms with Crippen LogP contribution in [0.3, 0.4) is 0 Å². The second kappa shape index (κ2) is 6.15. The highest BCUT2D eigenvalue weighted by Gasteiger charge is 2.18. The lowest BCUT2D eigenvalue weighted by molar-refractivity contribution is 0.594. The second-order valence-electron chi connectivity index (χ2n) is 3.77. The lowest BCUT2D eigenvalue weighted by Gasteiger charge is -2.17. The molecule has 0 saturated carbocycles. The van der Waals surface area contributed by atoms with E-state index in [1.54, 1.807) is 17.5 Å². The van der Waals surface area contributed by atoms with Gasteiger partial charge in [0.25, 0.3) is 0 Å². The fourth-order valence-electron chi connectivity index (χ4n) is 1.69. The number of pyridine rings is 1. The van der Waals surface area contributed by atoms with E-state index in [1.807, 2.05) is 12.1 Å². The van der Waals surface area contributed by atoms with E-state index in [1.165, 1.54) is 4.88 Å². The summed E-state index contributed by atoms with van der Waals surface area (Å²) >= 11 is 7.94. The molecular weight excluding hydrogens is 252 g/mol. The van der Waals surface area contributed by atoms with E-state index in [2.05, 4.69) is 34.7 Å². The molecule has 0 fully saturated rings. The average molecular weight is 267 g/mol. The number of hydrogen-bond acceptors (Lipinski definition) is 3. The van der Waals surface area contributed by atoms with Crippen LogP contribution in [-0.4, -0.2) is 11.5 Å². The highest BCUT2D eigenvalue weighted by molar-refractivity contribution is 7.10. The van der Waals surface area contributed by atoms with Crippen molar-refractivity contribution in [1.82, 2.24) is 10.3 Å². The van der Waals surface area contributed by atoms with Crippen LogP contribution in [0.15, 0.2) is 35.8 Å². The van der Waals surface area contributed by atoms with Crippen molar-refractivity contribution in [1.29, 1.82) is 0 Å². The molecule has 2 aromatic rings. The third-order valence-corrected chi connectivity index (χ3v) is 3.74. The van der Waals surface area contributed by atoms with Crippen LogP contribution >= 0.6 is 22.9 Å². The lowest BCUT2D eigenvalue weighted by Crippen LogP contribution is -2.23. The Balaban J connectivity index is 2.30. The standard InChI is InChI=1S/C13H15ClN2S/c1-2-7-15-13(11-6-4-9-17-11)12-10(14)5-3-8-16-12/h3-6,8-9,13,15H,2,7H2,1H3. The predicted molar refractivity (Wildman–Crippen MR) is 73.7 cm³/mol. The zero-order chi connectivity index (χ0) is 12.1. The Morgan fingerprint density at radius 2 is 2.29 bits per heavy atom. The van der Waals surface area contributed by atoms with Crippen LogP contribution in [-0.2, 0) is 0 Å². The minimum absolute atomic E-state index is 0.101. The molecule has 0 amide bonds. The summed E-state index contributed by atoms with van der Waals surface area (Å²) in [7, 11) is 0. The van der Waals surface area contributed by atoms with Crippen molar-refractivity contribution in [2.24, 2.45) is 0 Å². The summed E-state index contributed by atoms with van der Waals surface area (Å²) < 4.78 is 0. The van der Waals surface area contributed by atoms with Gasteiger partial charge < -0.3 is 5.32 Å². The first-order valence-electron chi connectivity index (χ1n) is 5.70. The van der Waals surface area contributed by atoms with Gasteiger partial charge in [-0.05, 0) is 36.5 Å². The Morgan fingerprint density at radius 3 is 2.94 bits per heavy atom. The van der Waals surface area contributed by atoms with E-state index in [-0.39, 0.29) is 6.04 Å². The van der Waals surface area contributed by atoms with Crippen LogP contribution in [0.25, 0.3) is 0 Å². The highest BCUT2D eigenvalue weighted by Crippen LogP contribution is 2.28. The first-order valence-corrected chi connectivity index (χ1v) is 6.96. The van der Waals surface area contributed by atoms with E-state index in [4.69, 9.17) is 11.6 Å². The van der Waals surface area contributed by atoms with Crippen LogP contribution in [0.1, 0.15) is 30.0 Å². The van der Waals surface area contributed by atoms with Gasteiger partial charge in [0, 0.05) is 11.1 Å². The van der Waals surface area contributed by atoms with Gasteiger partial charge in [-0.15, -0.1) is 11.3 Å². The normalized spacial score (nSPS) is 12.6. The Labute approximate surface area is 111 Å². The summed E-state index contributed by atoms with van der Waals surface area (Å²) in [6, 6.07) is 8.01. The molecule has 1 N–H and O–H groups in total. The van der Waals surface area contributed by atoms with Crippen LogP contribution in [0.5, 0.6) is 0 Å². The number of rotatable bonds is 5. The third-order valence-electron chi connectivity index (χ3n) is 2.49. The van der Waals surface area contributed by atoms with E-state index in [9.17, 15) is 0 Å². The summed E-state index contributed by atoms with van der Waals surface area (Å²) in [4.78, 5) is 5.65. The fraction of sp³-hybridized carbons (Fsp3) is 0.308. The predicted octanol–water partition coefficient (Wildman–Crippen LogP) is 3.89. The maximum Gasteiger partial charge on any atom is 0.0860 e. The number of thiophene rings is 1. The largest absolute Gasteiger partial charge is 0.304 e. The molecule has 90 valence electrons. The number of halogens is 1. The van der Waals surface area contributed by atoms with Crippen LogP contribution in [0.4, 0.5) is 0 Å². The van der Waals surface area contributed by atoms with Gasteiger partial charge >= 0.3 is 0 Å². The number of aromatic nitrogens is 1. The zero-order valence-electron chi connectivity index (χ0n) is 9.69. The number of nitrogens with one attached hydrogen (secondary N) is 1. The Hall–Kier alpha value is -0.900. The van der Waals surface area contributed by atoms with Gasteiger partial charge in [-0.2, -0.15) is 0 Å². The van der Waals surface area contributed by atoms with Gasteiger partial charge in [0.1, 0.15) is 0 Å². The molecule has 2 nitrogen and oxygen atoms in total. The molecule has 1 unspecified atom stereocenters. The topological polar surface area (TPSA) is 24.9 Å². The van der Waals surface area contributed by atoms with Gasteiger partial charge in [0.05, 0.1) is 16.8 Å². The monoisotopic (exact) mass is 266 g/mol. The molecule has 2 aromatic heterocycles. The van der Waals surface area contributed by atoms with Crippen molar-refractivity contribution in [3.63, 3.8) is 0 Å². The molecule has 17 heavy (non-hydrogen) atoms. The molecule has 4 heteroatoms. The first kappa shape index (κ1) is 12.6. The molecule has 1 atom stereocenters. The zero-order valence-corrected chi connectivity index (χ0v) is 11.3. The van der Waals surface area contributed by atoms with Crippen LogP contribution in [0.2, 0.25) is 5.02 Å². The van der Waals surface area contributed by atoms with Gasteiger partial charge in [-0.1, -0.05) is 24.6 Å². The third kappa shape index (κ3) is 3.06. The molecule has 0 aliphatic heterocycles. The molecule has 2 heterocycles. The summed E-state index contributed by atoms with van der Waals surface area (Å²) in [5.74, 6) is 0. The van der Waals surface area contributed by atoms with Crippen molar-refractivity contribution < 1.29 is 0 Å². The molecule has 0 spiro atoms. The van der Waals surface area contributed by atoms with Crippen LogP contribution in [0, 0.1) is 0 Å². The number of hydrogen-bond donors (Lipinski definition) is 1. The van der Waals surface area contributed by atoms with Crippen molar-refractivity contribution in [2.45, 2.75) is 19.4 Å². The molecule has 0 radical (unpaired) electrons. The molecular formula is C13H15ClN2S.